The Labute approximate surface area is 203 Å². The minimum Gasteiger partial charge on any atom is -0.335 e. The second-order valence-corrected chi connectivity index (χ2v) is 10.2. The van der Waals surface area contributed by atoms with E-state index in [1.807, 2.05) is 26.1 Å². The summed E-state index contributed by atoms with van der Waals surface area (Å²) in [6.07, 6.45) is 2.61. The second-order valence-electron chi connectivity index (χ2n) is 9.33. The summed E-state index contributed by atoms with van der Waals surface area (Å²) in [7, 11) is 0. The van der Waals surface area contributed by atoms with Gasteiger partial charge >= 0.3 is 6.03 Å². The van der Waals surface area contributed by atoms with E-state index in [2.05, 4.69) is 52.8 Å². The molecule has 7 nitrogen and oxygen atoms in total. The molecule has 0 radical (unpaired) electrons. The van der Waals surface area contributed by atoms with E-state index in [1.165, 1.54) is 33.6 Å². The zero-order chi connectivity index (χ0) is 23.1. The van der Waals surface area contributed by atoms with E-state index in [-0.39, 0.29) is 18.0 Å². The third-order valence-corrected chi connectivity index (χ3v) is 7.78. The van der Waals surface area contributed by atoms with Crippen LogP contribution in [0.25, 0.3) is 11.1 Å². The summed E-state index contributed by atoms with van der Waals surface area (Å²) in [6.45, 7) is 4.24. The number of fused-ring (bicyclic) bond motifs is 1. The maximum atomic E-state index is 13.1. The van der Waals surface area contributed by atoms with Gasteiger partial charge in [0.2, 0.25) is 0 Å². The molecule has 0 bridgehead atoms. The maximum absolute atomic E-state index is 13.1. The Hall–Kier alpha value is -3.23. The predicted molar refractivity (Wildman–Crippen MR) is 131 cm³/mol. The fourth-order valence-corrected chi connectivity index (χ4v) is 5.76. The van der Waals surface area contributed by atoms with E-state index >= 15 is 0 Å². The molecule has 1 N–H and O–H groups in total. The lowest BCUT2D eigenvalue weighted by atomic mass is 10.0. The van der Waals surface area contributed by atoms with Crippen molar-refractivity contribution in [3.8, 4) is 11.1 Å². The SMILES string of the molecule is O=C(c1nccs1)N1CCC(NC2CN(C(=O)N3Cc4ccc(-c5ccccc5)cc4C3)C2)C1. The number of carbonyl (C=O) groups excluding carboxylic acids is 2. The first-order valence-corrected chi connectivity index (χ1v) is 12.7. The van der Waals surface area contributed by atoms with Gasteiger partial charge in [0.25, 0.3) is 5.91 Å². The van der Waals surface area contributed by atoms with Gasteiger partial charge in [-0.2, -0.15) is 0 Å². The van der Waals surface area contributed by atoms with Gasteiger partial charge in [-0.3, -0.25) is 4.79 Å². The van der Waals surface area contributed by atoms with Crippen LogP contribution < -0.4 is 5.32 Å². The van der Waals surface area contributed by atoms with Gasteiger partial charge in [0, 0.05) is 62.9 Å². The predicted octanol–water partition coefficient (Wildman–Crippen LogP) is 3.43. The third-order valence-electron chi connectivity index (χ3n) is 7.02. The van der Waals surface area contributed by atoms with E-state index in [4.69, 9.17) is 0 Å². The standard InChI is InChI=1S/C26H27N5O2S/c32-25(24-27-9-11-34-24)29-10-8-22(15-29)28-23-16-31(17-23)26(33)30-13-20-7-6-19(12-21(20)14-30)18-4-2-1-3-5-18/h1-7,9,11-12,22-23,28H,8,10,13-17H2. The molecule has 2 fully saturated rings. The molecule has 1 aromatic heterocycles. The Kier molecular flexibility index (Phi) is 5.55. The number of aromatic nitrogens is 1. The second kappa shape index (κ2) is 8.85. The number of rotatable bonds is 4. The lowest BCUT2D eigenvalue weighted by Gasteiger charge is -2.42. The number of hydrogen-bond donors (Lipinski definition) is 1. The zero-order valence-electron chi connectivity index (χ0n) is 18.9. The molecular weight excluding hydrogens is 446 g/mol. The van der Waals surface area contributed by atoms with Crippen LogP contribution in [0.15, 0.2) is 60.1 Å². The van der Waals surface area contributed by atoms with Crippen LogP contribution in [0.4, 0.5) is 4.79 Å². The van der Waals surface area contributed by atoms with Crippen molar-refractivity contribution in [2.24, 2.45) is 0 Å². The van der Waals surface area contributed by atoms with E-state index in [1.54, 1.807) is 6.20 Å². The van der Waals surface area contributed by atoms with E-state index < -0.39 is 0 Å². The van der Waals surface area contributed by atoms with Crippen LogP contribution in [0, 0.1) is 0 Å². The first kappa shape index (κ1) is 21.3. The van der Waals surface area contributed by atoms with Gasteiger partial charge in [-0.15, -0.1) is 11.3 Å². The van der Waals surface area contributed by atoms with Crippen LogP contribution in [-0.4, -0.2) is 69.9 Å². The van der Waals surface area contributed by atoms with Gasteiger partial charge in [-0.05, 0) is 34.7 Å². The highest BCUT2D eigenvalue weighted by molar-refractivity contribution is 7.11. The molecule has 0 saturated carbocycles. The molecule has 3 aromatic rings. The molecule has 34 heavy (non-hydrogen) atoms. The molecule has 2 aromatic carbocycles. The number of urea groups is 1. The number of likely N-dealkylation sites (tertiary alicyclic amines) is 2. The molecule has 3 aliphatic heterocycles. The fourth-order valence-electron chi connectivity index (χ4n) is 5.16. The van der Waals surface area contributed by atoms with Gasteiger partial charge < -0.3 is 20.0 Å². The molecule has 6 rings (SSSR count). The van der Waals surface area contributed by atoms with Crippen molar-refractivity contribution < 1.29 is 9.59 Å². The number of benzene rings is 2. The average molecular weight is 474 g/mol. The normalized spacial score (nSPS) is 19.9. The highest BCUT2D eigenvalue weighted by Gasteiger charge is 2.37. The number of hydrogen-bond acceptors (Lipinski definition) is 5. The number of thiazole rings is 1. The molecule has 3 aliphatic rings. The van der Waals surface area contributed by atoms with E-state index in [0.29, 0.717) is 30.7 Å². The number of nitrogens with zero attached hydrogens (tertiary/aromatic N) is 4. The molecular formula is C26H27N5O2S. The number of carbonyl (C=O) groups is 2. The fraction of sp³-hybridized carbons (Fsp3) is 0.346. The topological polar surface area (TPSA) is 68.8 Å². The summed E-state index contributed by atoms with van der Waals surface area (Å²) in [5, 5.41) is 6.03. The maximum Gasteiger partial charge on any atom is 0.320 e. The first-order valence-electron chi connectivity index (χ1n) is 11.8. The highest BCUT2D eigenvalue weighted by atomic mass is 32.1. The molecule has 3 amide bonds. The van der Waals surface area contributed by atoms with Crippen molar-refractivity contribution in [3.05, 3.63) is 76.2 Å². The molecule has 174 valence electrons. The van der Waals surface area contributed by atoms with Gasteiger partial charge in [0.05, 0.1) is 0 Å². The molecule has 8 heteroatoms. The van der Waals surface area contributed by atoms with Crippen LogP contribution >= 0.6 is 11.3 Å². The van der Waals surface area contributed by atoms with Gasteiger partial charge in [-0.1, -0.05) is 42.5 Å². The lowest BCUT2D eigenvalue weighted by molar-refractivity contribution is 0.0782. The summed E-state index contributed by atoms with van der Waals surface area (Å²) in [5.41, 5.74) is 4.87. The van der Waals surface area contributed by atoms with Crippen LogP contribution in [0.3, 0.4) is 0 Å². The summed E-state index contributed by atoms with van der Waals surface area (Å²) in [6, 6.07) is 17.6. The van der Waals surface area contributed by atoms with Crippen molar-refractivity contribution in [3.63, 3.8) is 0 Å². The van der Waals surface area contributed by atoms with Gasteiger partial charge in [0.1, 0.15) is 0 Å². The largest absolute Gasteiger partial charge is 0.335 e. The summed E-state index contributed by atoms with van der Waals surface area (Å²) in [5.74, 6) is 0.0220. The van der Waals surface area contributed by atoms with Crippen LogP contribution in [0.1, 0.15) is 27.3 Å². The van der Waals surface area contributed by atoms with Crippen LogP contribution in [0.5, 0.6) is 0 Å². The summed E-state index contributed by atoms with van der Waals surface area (Å²) >= 11 is 1.39. The Morgan fingerprint density at radius 3 is 2.47 bits per heavy atom. The quantitative estimate of drug-likeness (QED) is 0.630. The van der Waals surface area contributed by atoms with Crippen LogP contribution in [0.2, 0.25) is 0 Å². The smallest absolute Gasteiger partial charge is 0.320 e. The zero-order valence-corrected chi connectivity index (χ0v) is 19.7. The summed E-state index contributed by atoms with van der Waals surface area (Å²) in [4.78, 5) is 35.4. The van der Waals surface area contributed by atoms with E-state index in [0.717, 1.165) is 26.1 Å². The lowest BCUT2D eigenvalue weighted by Crippen LogP contribution is -2.63. The Morgan fingerprint density at radius 1 is 0.882 bits per heavy atom. The Bertz CT molecular complexity index is 1190. The number of amides is 3. The minimum atomic E-state index is 0.0220. The van der Waals surface area contributed by atoms with Crippen molar-refractivity contribution >= 4 is 23.3 Å². The monoisotopic (exact) mass is 473 g/mol. The first-order chi connectivity index (χ1) is 16.6. The number of nitrogens with one attached hydrogen (secondary N) is 1. The average Bonchev–Trinajstić information content (AvgIpc) is 3.61. The van der Waals surface area contributed by atoms with Crippen LogP contribution in [-0.2, 0) is 13.1 Å². The van der Waals surface area contributed by atoms with Crippen molar-refractivity contribution in [1.29, 1.82) is 0 Å². The molecule has 2 saturated heterocycles. The van der Waals surface area contributed by atoms with Gasteiger partial charge in [0.15, 0.2) is 5.01 Å². The molecule has 0 aliphatic carbocycles. The van der Waals surface area contributed by atoms with E-state index in [9.17, 15) is 9.59 Å². The molecule has 0 spiro atoms. The minimum absolute atomic E-state index is 0.0220. The van der Waals surface area contributed by atoms with Crippen molar-refractivity contribution in [2.75, 3.05) is 26.2 Å². The summed E-state index contributed by atoms with van der Waals surface area (Å²) < 4.78 is 0. The molecule has 4 heterocycles. The van der Waals surface area contributed by atoms with Gasteiger partial charge in [-0.25, -0.2) is 9.78 Å². The third kappa shape index (κ3) is 4.08. The molecule has 1 atom stereocenters. The van der Waals surface area contributed by atoms with Crippen molar-refractivity contribution in [1.82, 2.24) is 25.0 Å². The Morgan fingerprint density at radius 2 is 1.68 bits per heavy atom. The molecule has 1 unspecified atom stereocenters. The highest BCUT2D eigenvalue weighted by Crippen LogP contribution is 2.30. The van der Waals surface area contributed by atoms with Crippen molar-refractivity contribution in [2.45, 2.75) is 31.6 Å². The Balaban J connectivity index is 0.992.